The van der Waals surface area contributed by atoms with E-state index < -0.39 is 69.8 Å². The van der Waals surface area contributed by atoms with Crippen molar-refractivity contribution in [2.24, 2.45) is 0 Å². The molecule has 10 nitrogen and oxygen atoms in total. The topological polar surface area (TPSA) is 180 Å². The Balaban J connectivity index is 4.11. The van der Waals surface area contributed by atoms with Crippen molar-refractivity contribution in [1.29, 1.82) is 0 Å². The molecule has 0 unspecified atom stereocenters. The van der Waals surface area contributed by atoms with Gasteiger partial charge in [0.05, 0.1) is 8.47 Å². The van der Waals surface area contributed by atoms with E-state index in [0.717, 1.165) is 0 Å². The monoisotopic (exact) mass is 460 g/mol. The van der Waals surface area contributed by atoms with Gasteiger partial charge in [0.25, 0.3) is 30.4 Å². The van der Waals surface area contributed by atoms with Crippen molar-refractivity contribution < 1.29 is 42.0 Å². The highest BCUT2D eigenvalue weighted by Gasteiger charge is 2.29. The smallest absolute Gasteiger partial charge is 0.282 e. The van der Waals surface area contributed by atoms with E-state index in [-0.39, 0.29) is 12.1 Å². The standard InChI is InChI=1S/C6H5IO10S3/c8-7-6-4(19(12,13)14)1-3(18(9,10)11)2-5(6)20(15,16)17/h1-2H,(H,9,10,11)(H,12,13,14)(H,15,16,17). The fraction of sp³-hybridized carbons (Fsp3) is 0. The molecule has 0 aromatic heterocycles. The van der Waals surface area contributed by atoms with Gasteiger partial charge in [0, 0.05) is 0 Å². The largest absolute Gasteiger partial charge is 0.295 e. The zero-order chi connectivity index (χ0) is 15.9. The van der Waals surface area contributed by atoms with Crippen LogP contribution in [0.1, 0.15) is 0 Å². The molecule has 114 valence electrons. The third-order valence-electron chi connectivity index (χ3n) is 1.91. The molecule has 20 heavy (non-hydrogen) atoms. The lowest BCUT2D eigenvalue weighted by Gasteiger charge is -2.07. The van der Waals surface area contributed by atoms with E-state index in [1.54, 1.807) is 0 Å². The fourth-order valence-corrected chi connectivity index (χ4v) is 5.96. The minimum atomic E-state index is -5.13. The molecule has 0 aliphatic rings. The highest BCUT2D eigenvalue weighted by molar-refractivity contribution is 14.1. The average Bonchev–Trinajstić information content (AvgIpc) is 2.23. The molecule has 0 aliphatic heterocycles. The van der Waals surface area contributed by atoms with E-state index in [1.165, 1.54) is 0 Å². The van der Waals surface area contributed by atoms with E-state index >= 15 is 0 Å². The Morgan fingerprint density at radius 1 is 0.750 bits per heavy atom. The first-order chi connectivity index (χ1) is 8.78. The Morgan fingerprint density at radius 2 is 1.10 bits per heavy atom. The van der Waals surface area contributed by atoms with E-state index in [4.69, 9.17) is 13.7 Å². The predicted molar refractivity (Wildman–Crippen MR) is 69.3 cm³/mol. The first-order valence-electron chi connectivity index (χ1n) is 4.16. The van der Waals surface area contributed by atoms with E-state index in [0.29, 0.717) is 0 Å². The Kier molecular flexibility index (Phi) is 4.69. The molecule has 3 N–H and O–H groups in total. The van der Waals surface area contributed by atoms with Crippen LogP contribution < -0.4 is 0 Å². The normalized spacial score (nSPS) is 13.3. The third-order valence-corrected chi connectivity index (χ3v) is 6.83. The van der Waals surface area contributed by atoms with Gasteiger partial charge in [-0.1, -0.05) is 0 Å². The minimum Gasteiger partial charge on any atom is -0.282 e. The van der Waals surface area contributed by atoms with Gasteiger partial charge in [-0.05, 0) is 12.1 Å². The van der Waals surface area contributed by atoms with Gasteiger partial charge in [0.15, 0.2) is 21.2 Å². The van der Waals surface area contributed by atoms with Crippen molar-refractivity contribution in [2.45, 2.75) is 14.7 Å². The Labute approximate surface area is 123 Å². The molecule has 0 heterocycles. The van der Waals surface area contributed by atoms with Crippen LogP contribution in [-0.4, -0.2) is 38.9 Å². The fourth-order valence-electron chi connectivity index (χ4n) is 1.15. The van der Waals surface area contributed by atoms with Crippen LogP contribution in [-0.2, 0) is 33.4 Å². The maximum absolute atomic E-state index is 11.1. The summed E-state index contributed by atoms with van der Waals surface area (Å²) in [5.41, 5.74) is 0. The molecule has 0 radical (unpaired) electrons. The van der Waals surface area contributed by atoms with E-state index in [2.05, 4.69) is 0 Å². The Hall–Kier alpha value is -0.520. The van der Waals surface area contributed by atoms with Crippen molar-refractivity contribution in [1.82, 2.24) is 0 Å². The maximum Gasteiger partial charge on any atom is 0.295 e. The van der Waals surface area contributed by atoms with E-state index in [1.807, 2.05) is 0 Å². The van der Waals surface area contributed by atoms with Crippen LogP contribution in [0.25, 0.3) is 0 Å². The number of halogens is 1. The second-order valence-electron chi connectivity index (χ2n) is 3.24. The zero-order valence-corrected chi connectivity index (χ0v) is 13.6. The van der Waals surface area contributed by atoms with Crippen molar-refractivity contribution in [3.63, 3.8) is 0 Å². The second-order valence-corrected chi connectivity index (χ2v) is 8.96. The highest BCUT2D eigenvalue weighted by atomic mass is 127. The highest BCUT2D eigenvalue weighted by Crippen LogP contribution is 2.31. The molecule has 1 aromatic rings. The first-order valence-corrected chi connectivity index (χ1v) is 10.4. The number of benzene rings is 1. The molecule has 0 fully saturated rings. The molecule has 0 aliphatic carbocycles. The Morgan fingerprint density at radius 3 is 1.30 bits per heavy atom. The molecule has 0 saturated heterocycles. The van der Waals surface area contributed by atoms with Gasteiger partial charge in [0.2, 0.25) is 0 Å². The van der Waals surface area contributed by atoms with Crippen LogP contribution in [0.5, 0.6) is 0 Å². The summed E-state index contributed by atoms with van der Waals surface area (Å²) in [5.74, 6) is 0. The summed E-state index contributed by atoms with van der Waals surface area (Å²) in [4.78, 5) is -3.79. The van der Waals surface area contributed by atoms with Crippen LogP contribution in [0.3, 0.4) is 0 Å². The van der Waals surface area contributed by atoms with Gasteiger partial charge in [0.1, 0.15) is 9.79 Å². The molecule has 0 atom stereocenters. The van der Waals surface area contributed by atoms with Crippen LogP contribution in [0.2, 0.25) is 0 Å². The molecule has 14 heteroatoms. The molecule has 0 spiro atoms. The first kappa shape index (κ1) is 17.5. The molecular formula is C6H5IO10S3. The van der Waals surface area contributed by atoms with Gasteiger partial charge in [-0.25, -0.2) is 0 Å². The zero-order valence-electron chi connectivity index (χ0n) is 8.96. The summed E-state index contributed by atoms with van der Waals surface area (Å²) in [5, 5.41) is 0. The van der Waals surface area contributed by atoms with Crippen molar-refractivity contribution in [3.05, 3.63) is 15.7 Å². The molecule has 1 rings (SSSR count). The van der Waals surface area contributed by atoms with Gasteiger partial charge in [-0.15, -0.1) is 0 Å². The lowest BCUT2D eigenvalue weighted by molar-refractivity contribution is 0.477. The van der Waals surface area contributed by atoms with Crippen molar-refractivity contribution in [2.75, 3.05) is 0 Å². The van der Waals surface area contributed by atoms with Crippen molar-refractivity contribution in [3.8, 4) is 0 Å². The van der Waals surface area contributed by atoms with Gasteiger partial charge in [-0.2, -0.15) is 25.3 Å². The number of hydrogen-bond donors (Lipinski definition) is 3. The molecule has 0 amide bonds. The van der Waals surface area contributed by atoms with Crippen LogP contribution in [0, 0.1) is 3.57 Å². The van der Waals surface area contributed by atoms with Crippen LogP contribution in [0.4, 0.5) is 0 Å². The minimum absolute atomic E-state index is 0.228. The molecule has 0 bridgehead atoms. The molecule has 0 saturated carbocycles. The van der Waals surface area contributed by atoms with E-state index in [9.17, 15) is 28.3 Å². The quantitative estimate of drug-likeness (QED) is 0.406. The second kappa shape index (κ2) is 5.35. The summed E-state index contributed by atoms with van der Waals surface area (Å²) < 4.78 is 103. The lowest BCUT2D eigenvalue weighted by Crippen LogP contribution is -2.11. The maximum atomic E-state index is 11.1. The van der Waals surface area contributed by atoms with Gasteiger partial charge >= 0.3 is 0 Å². The average molecular weight is 460 g/mol. The van der Waals surface area contributed by atoms with Gasteiger partial charge in [-0.3, -0.25) is 16.7 Å². The summed E-state index contributed by atoms with van der Waals surface area (Å²) in [6.45, 7) is 0. The van der Waals surface area contributed by atoms with Gasteiger partial charge < -0.3 is 0 Å². The predicted octanol–water partition coefficient (Wildman–Crippen LogP) is -0.0875. The number of hydrogen-bond acceptors (Lipinski definition) is 7. The summed E-state index contributed by atoms with van der Waals surface area (Å²) >= 11 is -2.52. The molecule has 1 aromatic carbocycles. The van der Waals surface area contributed by atoms with Crippen LogP contribution in [0.15, 0.2) is 26.8 Å². The summed E-state index contributed by atoms with van der Waals surface area (Å²) in [7, 11) is -15.3. The summed E-state index contributed by atoms with van der Waals surface area (Å²) in [6.07, 6.45) is 0. The molecular weight excluding hydrogens is 455 g/mol. The Bertz CT molecular complexity index is 826. The summed E-state index contributed by atoms with van der Waals surface area (Å²) in [6, 6.07) is 0.457. The number of rotatable bonds is 4. The van der Waals surface area contributed by atoms with Crippen LogP contribution >= 0.6 is 21.2 Å². The lowest BCUT2D eigenvalue weighted by atomic mass is 10.4. The SMILES string of the molecule is O=Ic1c(S(=O)(=O)O)cc(S(=O)(=O)O)cc1S(=O)(=O)O. The van der Waals surface area contributed by atoms with Crippen molar-refractivity contribution >= 4 is 51.5 Å². The third kappa shape index (κ3) is 3.77.